The largest absolute Gasteiger partial charge is 0.491 e. The van der Waals surface area contributed by atoms with Crippen LogP contribution in [0.2, 0.25) is 0 Å². The van der Waals surface area contributed by atoms with E-state index in [0.29, 0.717) is 5.69 Å². The third kappa shape index (κ3) is 3.13. The zero-order chi connectivity index (χ0) is 15.6. The van der Waals surface area contributed by atoms with Gasteiger partial charge < -0.3 is 14.5 Å². The number of hydrogen-bond donors (Lipinski definition) is 1. The topological polar surface area (TPSA) is 86.2 Å². The zero-order valence-corrected chi connectivity index (χ0v) is 12.3. The number of rotatable bonds is 2. The Bertz CT molecular complexity index is 709. The molecule has 0 unspecified atom stereocenters. The number of aromatic amines is 1. The van der Waals surface area contributed by atoms with E-state index in [-0.39, 0.29) is 17.0 Å². The highest BCUT2D eigenvalue weighted by Gasteiger charge is 2.22. The lowest BCUT2D eigenvalue weighted by molar-refractivity contribution is 0.0539. The Morgan fingerprint density at radius 1 is 1.38 bits per heavy atom. The maximum atomic E-state index is 12.2. The van der Waals surface area contributed by atoms with Crippen LogP contribution in [0.15, 0.2) is 29.5 Å². The summed E-state index contributed by atoms with van der Waals surface area (Å²) in [5, 5.41) is 0. The second-order valence-corrected chi connectivity index (χ2v) is 5.35. The van der Waals surface area contributed by atoms with E-state index >= 15 is 0 Å². The standard InChI is InChI=1S/C14H17N3O4/c1-14(2,3)21-13(19)17-8-7-16-12(17)10-11(20-4)9(18)5-6-15-10/h5-8H,1-4H3,(H,15,18). The predicted octanol–water partition coefficient (Wildman–Crippen LogP) is 2.03. The van der Waals surface area contributed by atoms with E-state index in [9.17, 15) is 9.59 Å². The molecule has 2 aromatic rings. The van der Waals surface area contributed by atoms with E-state index in [4.69, 9.17) is 9.47 Å². The number of ether oxygens (including phenoxy) is 2. The zero-order valence-electron chi connectivity index (χ0n) is 12.3. The molecule has 0 fully saturated rings. The van der Waals surface area contributed by atoms with Crippen LogP contribution in [0.25, 0.3) is 11.5 Å². The van der Waals surface area contributed by atoms with E-state index in [0.717, 1.165) is 0 Å². The average molecular weight is 291 g/mol. The number of H-pyrrole nitrogens is 1. The van der Waals surface area contributed by atoms with Crippen LogP contribution in [0.4, 0.5) is 4.79 Å². The van der Waals surface area contributed by atoms with Crippen molar-refractivity contribution < 1.29 is 14.3 Å². The molecule has 0 aromatic carbocycles. The molecular formula is C14H17N3O4. The third-order valence-electron chi connectivity index (χ3n) is 2.57. The summed E-state index contributed by atoms with van der Waals surface area (Å²) in [5.74, 6) is 0.340. The van der Waals surface area contributed by atoms with Crippen molar-refractivity contribution in [2.24, 2.45) is 0 Å². The Morgan fingerprint density at radius 3 is 2.71 bits per heavy atom. The first-order valence-corrected chi connectivity index (χ1v) is 6.36. The fourth-order valence-electron chi connectivity index (χ4n) is 1.78. The number of pyridine rings is 1. The molecular weight excluding hydrogens is 274 g/mol. The van der Waals surface area contributed by atoms with E-state index in [1.807, 2.05) is 0 Å². The van der Waals surface area contributed by atoms with Crippen molar-refractivity contribution in [1.29, 1.82) is 0 Å². The summed E-state index contributed by atoms with van der Waals surface area (Å²) in [6.45, 7) is 5.31. The Balaban J connectivity index is 2.49. The van der Waals surface area contributed by atoms with E-state index < -0.39 is 11.7 Å². The summed E-state index contributed by atoms with van der Waals surface area (Å²) in [5.41, 5.74) is -0.613. The van der Waals surface area contributed by atoms with Crippen LogP contribution in [0, 0.1) is 0 Å². The van der Waals surface area contributed by atoms with E-state index in [2.05, 4.69) is 9.97 Å². The van der Waals surface area contributed by atoms with Gasteiger partial charge in [0.05, 0.1) is 7.11 Å². The minimum Gasteiger partial charge on any atom is -0.491 e. The molecule has 2 heterocycles. The summed E-state index contributed by atoms with van der Waals surface area (Å²) in [6.07, 6.45) is 3.80. The highest BCUT2D eigenvalue weighted by Crippen LogP contribution is 2.23. The monoisotopic (exact) mass is 291 g/mol. The molecule has 21 heavy (non-hydrogen) atoms. The van der Waals surface area contributed by atoms with Crippen LogP contribution in [0.1, 0.15) is 20.8 Å². The number of methoxy groups -OCH3 is 1. The van der Waals surface area contributed by atoms with Gasteiger partial charge in [0.1, 0.15) is 11.3 Å². The van der Waals surface area contributed by atoms with Gasteiger partial charge in [0, 0.05) is 24.7 Å². The molecule has 0 aliphatic heterocycles. The van der Waals surface area contributed by atoms with Gasteiger partial charge >= 0.3 is 6.09 Å². The number of nitrogens with zero attached hydrogens (tertiary/aromatic N) is 2. The van der Waals surface area contributed by atoms with Gasteiger partial charge in [0.25, 0.3) is 0 Å². The molecule has 0 radical (unpaired) electrons. The second kappa shape index (κ2) is 5.43. The molecule has 7 heteroatoms. The predicted molar refractivity (Wildman–Crippen MR) is 76.5 cm³/mol. The minimum atomic E-state index is -0.632. The SMILES string of the molecule is COc1c(-c2nccn2C(=O)OC(C)(C)C)[nH]ccc1=O. The smallest absolute Gasteiger partial charge is 0.420 e. The van der Waals surface area contributed by atoms with Crippen LogP contribution in [-0.4, -0.2) is 33.3 Å². The minimum absolute atomic E-state index is 0.0912. The number of nitrogens with one attached hydrogen (secondary N) is 1. The van der Waals surface area contributed by atoms with E-state index in [1.165, 1.54) is 36.3 Å². The third-order valence-corrected chi connectivity index (χ3v) is 2.57. The van der Waals surface area contributed by atoms with Crippen molar-refractivity contribution in [1.82, 2.24) is 14.5 Å². The molecule has 1 N–H and O–H groups in total. The molecule has 0 aliphatic rings. The highest BCUT2D eigenvalue weighted by molar-refractivity contribution is 5.77. The molecule has 0 bridgehead atoms. The fraction of sp³-hybridized carbons (Fsp3) is 0.357. The second-order valence-electron chi connectivity index (χ2n) is 5.35. The van der Waals surface area contributed by atoms with Crippen molar-refractivity contribution >= 4 is 6.09 Å². The van der Waals surface area contributed by atoms with Gasteiger partial charge in [-0.1, -0.05) is 0 Å². The maximum Gasteiger partial charge on any atom is 0.420 e. The Kier molecular flexibility index (Phi) is 3.84. The maximum absolute atomic E-state index is 12.2. The Labute approximate surface area is 121 Å². The van der Waals surface area contributed by atoms with Crippen molar-refractivity contribution in [2.45, 2.75) is 26.4 Å². The summed E-state index contributed by atoms with van der Waals surface area (Å²) in [6, 6.07) is 1.34. The Morgan fingerprint density at radius 2 is 2.10 bits per heavy atom. The number of carbonyl (C=O) groups is 1. The highest BCUT2D eigenvalue weighted by atomic mass is 16.6. The van der Waals surface area contributed by atoms with Crippen molar-refractivity contribution in [3.05, 3.63) is 34.9 Å². The molecule has 0 atom stereocenters. The lowest BCUT2D eigenvalue weighted by Gasteiger charge is -2.20. The van der Waals surface area contributed by atoms with Crippen molar-refractivity contribution in [3.63, 3.8) is 0 Å². The van der Waals surface area contributed by atoms with Gasteiger partial charge in [0.15, 0.2) is 11.6 Å². The normalized spacial score (nSPS) is 11.2. The average Bonchev–Trinajstić information content (AvgIpc) is 2.85. The Hall–Kier alpha value is -2.57. The number of aromatic nitrogens is 3. The lowest BCUT2D eigenvalue weighted by Crippen LogP contribution is -2.27. The summed E-state index contributed by atoms with van der Waals surface area (Å²) in [7, 11) is 1.38. The van der Waals surface area contributed by atoms with Crippen LogP contribution < -0.4 is 10.2 Å². The molecule has 0 saturated carbocycles. The van der Waals surface area contributed by atoms with Crippen LogP contribution in [0.5, 0.6) is 5.75 Å². The number of imidazole rings is 1. The van der Waals surface area contributed by atoms with Crippen LogP contribution in [-0.2, 0) is 4.74 Å². The summed E-state index contributed by atoms with van der Waals surface area (Å²) < 4.78 is 11.6. The van der Waals surface area contributed by atoms with Gasteiger partial charge in [-0.05, 0) is 20.8 Å². The molecule has 7 nitrogen and oxygen atoms in total. The fourth-order valence-corrected chi connectivity index (χ4v) is 1.78. The number of carbonyl (C=O) groups excluding carboxylic acids is 1. The van der Waals surface area contributed by atoms with Gasteiger partial charge in [0.2, 0.25) is 5.43 Å². The first-order valence-electron chi connectivity index (χ1n) is 6.36. The summed E-state index contributed by atoms with van der Waals surface area (Å²) in [4.78, 5) is 30.9. The molecule has 0 saturated heterocycles. The molecule has 112 valence electrons. The molecule has 2 aromatic heterocycles. The van der Waals surface area contributed by atoms with E-state index in [1.54, 1.807) is 20.8 Å². The van der Waals surface area contributed by atoms with Crippen LogP contribution >= 0.6 is 0 Å². The van der Waals surface area contributed by atoms with Gasteiger partial charge in [-0.2, -0.15) is 0 Å². The first kappa shape index (κ1) is 14.8. The quantitative estimate of drug-likeness (QED) is 0.915. The van der Waals surface area contributed by atoms with Crippen LogP contribution in [0.3, 0.4) is 0 Å². The summed E-state index contributed by atoms with van der Waals surface area (Å²) >= 11 is 0. The van der Waals surface area contributed by atoms with Crippen molar-refractivity contribution in [3.8, 4) is 17.3 Å². The molecule has 0 aliphatic carbocycles. The van der Waals surface area contributed by atoms with Gasteiger partial charge in [-0.15, -0.1) is 0 Å². The molecule has 0 spiro atoms. The first-order chi connectivity index (χ1) is 9.83. The van der Waals surface area contributed by atoms with Gasteiger partial charge in [-0.3, -0.25) is 4.79 Å². The lowest BCUT2D eigenvalue weighted by atomic mass is 10.2. The molecule has 0 amide bonds. The number of hydrogen-bond acceptors (Lipinski definition) is 5. The molecule has 2 rings (SSSR count). The van der Waals surface area contributed by atoms with Gasteiger partial charge in [-0.25, -0.2) is 14.3 Å². The van der Waals surface area contributed by atoms with Crippen molar-refractivity contribution in [2.75, 3.05) is 7.11 Å².